The average Bonchev–Trinajstić information content (AvgIpc) is 3.40. The zero-order valence-corrected chi connectivity index (χ0v) is 21.8. The first-order valence-corrected chi connectivity index (χ1v) is 13.2. The van der Waals surface area contributed by atoms with E-state index in [-0.39, 0.29) is 11.8 Å². The fraction of sp³-hybridized carbons (Fsp3) is 0.360. The van der Waals surface area contributed by atoms with Crippen LogP contribution in [0.4, 0.5) is 4.39 Å². The van der Waals surface area contributed by atoms with E-state index in [1.165, 1.54) is 34.2 Å². The minimum absolute atomic E-state index is 0.0125. The number of aromatic nitrogens is 2. The molecule has 1 aromatic carbocycles. The summed E-state index contributed by atoms with van der Waals surface area (Å²) in [5.74, 6) is 0.621. The van der Waals surface area contributed by atoms with Crippen molar-refractivity contribution in [1.82, 2.24) is 14.7 Å². The Kier molecular flexibility index (Phi) is 6.05. The number of carbonyl (C=O) groups is 1. The van der Waals surface area contributed by atoms with Crippen LogP contribution in [0.25, 0.3) is 11.1 Å². The van der Waals surface area contributed by atoms with Crippen LogP contribution >= 0.6 is 29.8 Å². The van der Waals surface area contributed by atoms with Crippen LogP contribution in [0, 0.1) is 0 Å². The van der Waals surface area contributed by atoms with Gasteiger partial charge in [0.1, 0.15) is 5.69 Å². The van der Waals surface area contributed by atoms with Crippen LogP contribution in [-0.2, 0) is 23.0 Å². The second kappa shape index (κ2) is 8.73. The number of nitrogens with zero attached hydrogens (tertiary/aromatic N) is 3. The van der Waals surface area contributed by atoms with Gasteiger partial charge in [0.15, 0.2) is 5.15 Å². The Morgan fingerprint density at radius 2 is 2.06 bits per heavy atom. The van der Waals surface area contributed by atoms with Gasteiger partial charge in [0.05, 0.1) is 6.54 Å². The molecule has 2 unspecified atom stereocenters. The van der Waals surface area contributed by atoms with Gasteiger partial charge in [0.25, 0.3) is 0 Å². The van der Waals surface area contributed by atoms with Gasteiger partial charge in [0.2, 0.25) is 5.91 Å². The summed E-state index contributed by atoms with van der Waals surface area (Å²) in [6, 6.07) is 10.5. The normalized spacial score (nSPS) is 18.3. The summed E-state index contributed by atoms with van der Waals surface area (Å²) < 4.78 is 16.9. The highest BCUT2D eigenvalue weighted by Gasteiger charge is 2.36. The molecule has 1 fully saturated rings. The predicted molar refractivity (Wildman–Crippen MR) is 139 cm³/mol. The molecule has 1 amide bonds. The molecule has 0 N–H and O–H groups in total. The van der Waals surface area contributed by atoms with Gasteiger partial charge >= 0.3 is 0 Å². The predicted octanol–water partition coefficient (Wildman–Crippen LogP) is 6.00. The molecule has 1 aliphatic heterocycles. The SMILES string of the molecule is C=CC(=O)N1Cc2sc(C3CC3)cc2[C@H](c2ccccc2-c2cn(CC)nc2C(F)(P)P)C1. The molecule has 0 saturated heterocycles. The molecule has 1 aliphatic carbocycles. The molecule has 1 saturated carbocycles. The van der Waals surface area contributed by atoms with Gasteiger partial charge in [-0.05, 0) is 54.5 Å². The zero-order valence-electron chi connectivity index (χ0n) is 18.6. The Balaban J connectivity index is 1.66. The molecule has 2 aromatic heterocycles. The van der Waals surface area contributed by atoms with E-state index in [0.717, 1.165) is 16.7 Å². The van der Waals surface area contributed by atoms with E-state index >= 15 is 4.39 Å². The summed E-state index contributed by atoms with van der Waals surface area (Å²) in [7, 11) is 4.49. The molecule has 2 aliphatic rings. The first-order chi connectivity index (χ1) is 15.8. The smallest absolute Gasteiger partial charge is 0.246 e. The summed E-state index contributed by atoms with van der Waals surface area (Å²) in [6.45, 7) is 7.56. The third-order valence-electron chi connectivity index (χ3n) is 6.51. The molecule has 3 heterocycles. The molecule has 0 spiro atoms. The van der Waals surface area contributed by atoms with Crippen molar-refractivity contribution in [2.75, 3.05) is 6.54 Å². The third-order valence-corrected chi connectivity index (χ3v) is 8.36. The summed E-state index contributed by atoms with van der Waals surface area (Å²) >= 11 is 1.84. The van der Waals surface area contributed by atoms with E-state index in [9.17, 15) is 4.79 Å². The van der Waals surface area contributed by atoms with Gasteiger partial charge < -0.3 is 4.90 Å². The van der Waals surface area contributed by atoms with E-state index in [4.69, 9.17) is 0 Å². The number of aryl methyl sites for hydroxylation is 1. The summed E-state index contributed by atoms with van der Waals surface area (Å²) in [5, 5.41) is 2.79. The van der Waals surface area contributed by atoms with Gasteiger partial charge in [-0.2, -0.15) is 5.10 Å². The summed E-state index contributed by atoms with van der Waals surface area (Å²) in [4.78, 5) is 17.2. The van der Waals surface area contributed by atoms with Crippen LogP contribution in [0.15, 0.2) is 49.2 Å². The number of carbonyl (C=O) groups excluding carboxylic acids is 1. The van der Waals surface area contributed by atoms with Crippen LogP contribution in [0.5, 0.6) is 0 Å². The lowest BCUT2D eigenvalue weighted by Gasteiger charge is -2.33. The lowest BCUT2D eigenvalue weighted by Crippen LogP contribution is -2.37. The second-order valence-corrected chi connectivity index (χ2v) is 12.4. The van der Waals surface area contributed by atoms with Crippen LogP contribution in [-0.4, -0.2) is 27.1 Å². The highest BCUT2D eigenvalue weighted by Crippen LogP contribution is 2.50. The topological polar surface area (TPSA) is 38.1 Å². The molecule has 5 rings (SSSR count). The summed E-state index contributed by atoms with van der Waals surface area (Å²) in [5.41, 5.74) is 4.52. The van der Waals surface area contributed by atoms with Gasteiger partial charge in [-0.1, -0.05) is 49.3 Å². The highest BCUT2D eigenvalue weighted by molar-refractivity contribution is 7.38. The Labute approximate surface area is 202 Å². The van der Waals surface area contributed by atoms with Crippen molar-refractivity contribution in [3.63, 3.8) is 0 Å². The Morgan fingerprint density at radius 1 is 1.30 bits per heavy atom. The average molecular weight is 500 g/mol. The molecule has 0 bridgehead atoms. The van der Waals surface area contributed by atoms with Crippen molar-refractivity contribution < 1.29 is 9.18 Å². The molecular weight excluding hydrogens is 471 g/mol. The monoisotopic (exact) mass is 499 g/mol. The van der Waals surface area contributed by atoms with E-state index in [0.29, 0.717) is 31.2 Å². The highest BCUT2D eigenvalue weighted by atomic mass is 32.1. The fourth-order valence-electron chi connectivity index (χ4n) is 4.68. The van der Waals surface area contributed by atoms with Crippen molar-refractivity contribution >= 4 is 35.7 Å². The number of hydrogen-bond donors (Lipinski definition) is 0. The van der Waals surface area contributed by atoms with Gasteiger partial charge in [-0.25, -0.2) is 4.39 Å². The lowest BCUT2D eigenvalue weighted by atomic mass is 9.83. The van der Waals surface area contributed by atoms with Crippen molar-refractivity contribution in [2.24, 2.45) is 0 Å². The molecule has 0 radical (unpaired) electrons. The van der Waals surface area contributed by atoms with Crippen LogP contribution in [0.1, 0.15) is 58.2 Å². The van der Waals surface area contributed by atoms with Crippen molar-refractivity contribution in [2.45, 2.75) is 49.8 Å². The van der Waals surface area contributed by atoms with Crippen LogP contribution in [0.2, 0.25) is 0 Å². The molecule has 33 heavy (non-hydrogen) atoms. The quantitative estimate of drug-likeness (QED) is 0.308. The number of amides is 1. The largest absolute Gasteiger partial charge is 0.333 e. The first-order valence-electron chi connectivity index (χ1n) is 11.3. The maximum Gasteiger partial charge on any atom is 0.246 e. The minimum Gasteiger partial charge on any atom is -0.333 e. The van der Waals surface area contributed by atoms with E-state index in [1.54, 1.807) is 4.68 Å². The van der Waals surface area contributed by atoms with Crippen LogP contribution < -0.4 is 0 Å². The minimum atomic E-state index is -1.73. The molecule has 4 nitrogen and oxygen atoms in total. The number of benzene rings is 1. The molecular formula is C25H28FN3OP2S. The second-order valence-electron chi connectivity index (χ2n) is 8.88. The number of alkyl halides is 1. The van der Waals surface area contributed by atoms with Gasteiger partial charge in [-0.15, -0.1) is 11.3 Å². The molecule has 3 aromatic rings. The Morgan fingerprint density at radius 3 is 2.73 bits per heavy atom. The number of fused-ring (bicyclic) bond motifs is 1. The van der Waals surface area contributed by atoms with Crippen LogP contribution in [0.3, 0.4) is 0 Å². The number of hydrogen-bond acceptors (Lipinski definition) is 3. The van der Waals surface area contributed by atoms with Gasteiger partial charge in [0, 0.05) is 40.5 Å². The third kappa shape index (κ3) is 4.34. The maximum atomic E-state index is 15.1. The fourth-order valence-corrected chi connectivity index (χ4v) is 6.52. The standard InChI is InChI=1S/C25H28FN3OP2S/c1-3-23(30)28-12-19(18-11-21(15-9-10-15)33-22(18)14-28)16-7-5-6-8-17(16)20-13-29(4-2)27-24(20)25(26,31)32/h3,5-8,11,13,15,19H,1,4,9-10,12,14,31-32H2,2H3/t19-/m0/s1. The maximum absolute atomic E-state index is 15.1. The van der Waals surface area contributed by atoms with Crippen molar-refractivity contribution in [3.8, 4) is 11.1 Å². The molecule has 3 atom stereocenters. The molecule has 8 heteroatoms. The number of rotatable bonds is 6. The van der Waals surface area contributed by atoms with Gasteiger partial charge in [-0.3, -0.25) is 9.48 Å². The number of thiophene rings is 1. The van der Waals surface area contributed by atoms with E-state index in [1.807, 2.05) is 47.6 Å². The Bertz CT molecular complexity index is 1220. The van der Waals surface area contributed by atoms with Crippen molar-refractivity contribution in [1.29, 1.82) is 0 Å². The summed E-state index contributed by atoms with van der Waals surface area (Å²) in [6.07, 6.45) is 5.82. The first kappa shape index (κ1) is 22.9. The van der Waals surface area contributed by atoms with E-state index < -0.39 is 5.15 Å². The van der Waals surface area contributed by atoms with E-state index in [2.05, 4.69) is 42.3 Å². The Hall–Kier alpha value is -1.87. The molecule has 172 valence electrons. The lowest BCUT2D eigenvalue weighted by molar-refractivity contribution is -0.127. The van der Waals surface area contributed by atoms with Crippen molar-refractivity contribution in [3.05, 3.63) is 75.8 Å². The zero-order chi connectivity index (χ0) is 23.3. The number of halogens is 1.